The average molecular weight is 316 g/mol. The highest BCUT2D eigenvalue weighted by Crippen LogP contribution is 2.38. The lowest BCUT2D eigenvalue weighted by Crippen LogP contribution is -2.39. The van der Waals surface area contributed by atoms with Gasteiger partial charge in [0, 0.05) is 10.0 Å². The summed E-state index contributed by atoms with van der Waals surface area (Å²) in [6.45, 7) is 5.79. The lowest BCUT2D eigenvalue weighted by Gasteiger charge is -2.22. The van der Waals surface area contributed by atoms with Crippen molar-refractivity contribution in [2.45, 2.75) is 26.8 Å². The van der Waals surface area contributed by atoms with Crippen LogP contribution in [0, 0.1) is 20.8 Å². The first-order valence-electron chi connectivity index (χ1n) is 5.45. The molecule has 0 heterocycles. The Morgan fingerprint density at radius 3 is 2.28 bits per heavy atom. The van der Waals surface area contributed by atoms with Gasteiger partial charge >= 0.3 is 0 Å². The van der Waals surface area contributed by atoms with E-state index >= 15 is 0 Å². The van der Waals surface area contributed by atoms with Gasteiger partial charge in [-0.3, -0.25) is 10.2 Å². The van der Waals surface area contributed by atoms with E-state index in [0.717, 1.165) is 21.2 Å². The summed E-state index contributed by atoms with van der Waals surface area (Å²) in [7, 11) is 1.56. The molecule has 0 aliphatic heterocycles. The number of halogens is 1. The molecule has 1 amide bonds. The predicted molar refractivity (Wildman–Crippen MR) is 74.2 cm³/mol. The maximum atomic E-state index is 11.6. The Bertz CT molecular complexity index is 489. The quantitative estimate of drug-likeness (QED) is 0.446. The largest absolute Gasteiger partial charge is 0.496 e. The lowest BCUT2D eigenvalue weighted by molar-refractivity contribution is -0.122. The first-order chi connectivity index (χ1) is 8.36. The molecule has 0 saturated carbocycles. The Morgan fingerprint density at radius 1 is 1.28 bits per heavy atom. The second-order valence-corrected chi connectivity index (χ2v) is 4.92. The average Bonchev–Trinajstić information content (AvgIpc) is 2.38. The maximum Gasteiger partial charge on any atom is 0.255 e. The summed E-state index contributed by atoms with van der Waals surface area (Å²) in [5, 5.41) is 0. The molecule has 100 valence electrons. The zero-order valence-electron chi connectivity index (χ0n) is 10.9. The summed E-state index contributed by atoms with van der Waals surface area (Å²) in [6, 6.07) is -0.861. The van der Waals surface area contributed by atoms with Crippen molar-refractivity contribution in [2.24, 2.45) is 11.6 Å². The van der Waals surface area contributed by atoms with Crippen molar-refractivity contribution in [1.82, 2.24) is 5.43 Å². The molecule has 1 aromatic rings. The van der Waals surface area contributed by atoms with Crippen molar-refractivity contribution in [2.75, 3.05) is 7.11 Å². The van der Waals surface area contributed by atoms with Crippen LogP contribution < -0.4 is 21.7 Å². The highest BCUT2D eigenvalue weighted by atomic mass is 79.9. The number of hydrazine groups is 1. The Morgan fingerprint density at radius 2 is 1.83 bits per heavy atom. The fourth-order valence-corrected chi connectivity index (χ4v) is 2.48. The third kappa shape index (κ3) is 2.36. The van der Waals surface area contributed by atoms with Crippen LogP contribution >= 0.6 is 15.9 Å². The highest BCUT2D eigenvalue weighted by Gasteiger charge is 2.25. The molecule has 18 heavy (non-hydrogen) atoms. The molecule has 0 fully saturated rings. The number of methoxy groups -OCH3 is 1. The van der Waals surface area contributed by atoms with Crippen LogP contribution in [-0.2, 0) is 4.79 Å². The Labute approximate surface area is 115 Å². The molecule has 0 aromatic heterocycles. The predicted octanol–water partition coefficient (Wildman–Crippen LogP) is 1.37. The highest BCUT2D eigenvalue weighted by molar-refractivity contribution is 9.10. The summed E-state index contributed by atoms with van der Waals surface area (Å²) in [5.41, 5.74) is 11.5. The van der Waals surface area contributed by atoms with Crippen LogP contribution in [0.1, 0.15) is 28.3 Å². The second-order valence-electron chi connectivity index (χ2n) is 4.12. The summed E-state index contributed by atoms with van der Waals surface area (Å²) in [4.78, 5) is 11.6. The van der Waals surface area contributed by atoms with Crippen LogP contribution in [0.5, 0.6) is 5.75 Å². The SMILES string of the molecule is COc1c(C)c(C)c(Br)c(C)c1C(N)C(=O)NN. The molecule has 0 radical (unpaired) electrons. The zero-order chi connectivity index (χ0) is 14.0. The monoisotopic (exact) mass is 315 g/mol. The van der Waals surface area contributed by atoms with E-state index in [9.17, 15) is 4.79 Å². The zero-order valence-corrected chi connectivity index (χ0v) is 12.5. The Hall–Kier alpha value is -1.11. The molecule has 1 rings (SSSR count). The molecule has 0 aliphatic rings. The second kappa shape index (κ2) is 5.69. The fourth-order valence-electron chi connectivity index (χ4n) is 1.97. The van der Waals surface area contributed by atoms with E-state index in [1.807, 2.05) is 20.8 Å². The van der Waals surface area contributed by atoms with Crippen LogP contribution in [-0.4, -0.2) is 13.0 Å². The number of carbonyl (C=O) groups is 1. The summed E-state index contributed by atoms with van der Waals surface area (Å²) < 4.78 is 6.31. The van der Waals surface area contributed by atoms with Crippen LogP contribution in [0.2, 0.25) is 0 Å². The van der Waals surface area contributed by atoms with Crippen molar-refractivity contribution < 1.29 is 9.53 Å². The van der Waals surface area contributed by atoms with Gasteiger partial charge in [-0.05, 0) is 37.5 Å². The number of carbonyl (C=O) groups excluding carboxylic acids is 1. The number of hydrogen-bond acceptors (Lipinski definition) is 4. The van der Waals surface area contributed by atoms with Crippen LogP contribution in [0.25, 0.3) is 0 Å². The minimum atomic E-state index is -0.861. The minimum absolute atomic E-state index is 0.452. The number of hydrogen-bond donors (Lipinski definition) is 3. The smallest absolute Gasteiger partial charge is 0.255 e. The van der Waals surface area contributed by atoms with Gasteiger partial charge in [-0.15, -0.1) is 0 Å². The normalized spacial score (nSPS) is 12.2. The molecule has 1 aromatic carbocycles. The molecule has 5 N–H and O–H groups in total. The van der Waals surface area contributed by atoms with Gasteiger partial charge < -0.3 is 10.5 Å². The van der Waals surface area contributed by atoms with E-state index in [-0.39, 0.29) is 0 Å². The summed E-state index contributed by atoms with van der Waals surface area (Å²) >= 11 is 3.51. The van der Waals surface area contributed by atoms with Gasteiger partial charge in [-0.25, -0.2) is 5.84 Å². The molecule has 6 heteroatoms. The molecular weight excluding hydrogens is 298 g/mol. The van der Waals surface area contributed by atoms with Gasteiger partial charge in [0.1, 0.15) is 11.8 Å². The molecule has 1 atom stereocenters. The van der Waals surface area contributed by atoms with Crippen LogP contribution in [0.3, 0.4) is 0 Å². The molecule has 1 unspecified atom stereocenters. The number of benzene rings is 1. The van der Waals surface area contributed by atoms with E-state index < -0.39 is 11.9 Å². The summed E-state index contributed by atoms with van der Waals surface area (Å²) in [6.07, 6.45) is 0. The Balaban J connectivity index is 3.56. The van der Waals surface area contributed by atoms with E-state index in [2.05, 4.69) is 21.4 Å². The lowest BCUT2D eigenvalue weighted by atomic mass is 9.94. The van der Waals surface area contributed by atoms with Gasteiger partial charge in [0.2, 0.25) is 0 Å². The third-order valence-electron chi connectivity index (χ3n) is 3.15. The van der Waals surface area contributed by atoms with E-state index in [0.29, 0.717) is 11.3 Å². The van der Waals surface area contributed by atoms with E-state index in [1.54, 1.807) is 7.11 Å². The van der Waals surface area contributed by atoms with E-state index in [1.165, 1.54) is 0 Å². The van der Waals surface area contributed by atoms with Crippen molar-refractivity contribution in [3.05, 3.63) is 26.7 Å². The van der Waals surface area contributed by atoms with Crippen molar-refractivity contribution in [3.8, 4) is 5.75 Å². The molecule has 0 bridgehead atoms. The molecule has 0 saturated heterocycles. The van der Waals surface area contributed by atoms with Crippen molar-refractivity contribution in [1.29, 1.82) is 0 Å². The van der Waals surface area contributed by atoms with Crippen molar-refractivity contribution in [3.63, 3.8) is 0 Å². The number of ether oxygens (including phenoxy) is 1. The molecule has 0 spiro atoms. The number of amides is 1. The van der Waals surface area contributed by atoms with Gasteiger partial charge in [0.25, 0.3) is 5.91 Å². The summed E-state index contributed by atoms with van der Waals surface area (Å²) in [5.74, 6) is 5.30. The topological polar surface area (TPSA) is 90.4 Å². The van der Waals surface area contributed by atoms with Gasteiger partial charge in [0.05, 0.1) is 7.11 Å². The fraction of sp³-hybridized carbons (Fsp3) is 0.417. The van der Waals surface area contributed by atoms with Gasteiger partial charge in [-0.2, -0.15) is 0 Å². The number of nitrogens with one attached hydrogen (secondary N) is 1. The standard InChI is InChI=1S/C12H18BrN3O2/c1-5-6(2)11(18-4)8(7(3)9(5)13)10(14)12(17)16-15/h10H,14-15H2,1-4H3,(H,16,17). The van der Waals surface area contributed by atoms with Gasteiger partial charge in [0.15, 0.2) is 0 Å². The molecule has 5 nitrogen and oxygen atoms in total. The molecule has 0 aliphatic carbocycles. The van der Waals surface area contributed by atoms with E-state index in [4.69, 9.17) is 16.3 Å². The maximum absolute atomic E-state index is 11.6. The van der Waals surface area contributed by atoms with Crippen molar-refractivity contribution >= 4 is 21.8 Å². The number of rotatable bonds is 3. The minimum Gasteiger partial charge on any atom is -0.496 e. The van der Waals surface area contributed by atoms with Crippen LogP contribution in [0.4, 0.5) is 0 Å². The number of nitrogens with two attached hydrogens (primary N) is 2. The Kier molecular flexibility index (Phi) is 4.72. The first kappa shape index (κ1) is 14.9. The first-order valence-corrected chi connectivity index (χ1v) is 6.25. The third-order valence-corrected chi connectivity index (χ3v) is 4.34. The molecular formula is C12H18BrN3O2. The van der Waals surface area contributed by atoms with Crippen LogP contribution in [0.15, 0.2) is 4.47 Å². The van der Waals surface area contributed by atoms with Gasteiger partial charge in [-0.1, -0.05) is 15.9 Å².